The molecule has 0 bridgehead atoms. The predicted molar refractivity (Wildman–Crippen MR) is 79.0 cm³/mol. The molecule has 0 aromatic heterocycles. The van der Waals surface area contributed by atoms with Gasteiger partial charge in [0.1, 0.15) is 0 Å². The maximum atomic E-state index is 6.36. The highest BCUT2D eigenvalue weighted by Crippen LogP contribution is 2.33. The van der Waals surface area contributed by atoms with Crippen molar-refractivity contribution in [1.29, 1.82) is 0 Å². The molecule has 0 heterocycles. The maximum absolute atomic E-state index is 6.36. The van der Waals surface area contributed by atoms with Crippen molar-refractivity contribution in [3.63, 3.8) is 0 Å². The summed E-state index contributed by atoms with van der Waals surface area (Å²) in [7, 11) is 0. The number of benzene rings is 1. The Bertz CT molecular complexity index is 390. The van der Waals surface area contributed by atoms with Gasteiger partial charge in [-0.3, -0.25) is 0 Å². The molecular formula is C14H17Cl3. The molecule has 1 aromatic rings. The molecule has 0 aliphatic rings. The van der Waals surface area contributed by atoms with Crippen LogP contribution in [0, 0.1) is 5.41 Å². The maximum Gasteiger partial charge on any atom is 0.0584 e. The lowest BCUT2D eigenvalue weighted by Crippen LogP contribution is -2.21. The van der Waals surface area contributed by atoms with Crippen molar-refractivity contribution in [2.24, 2.45) is 5.41 Å². The van der Waals surface area contributed by atoms with Gasteiger partial charge in [-0.2, -0.15) is 0 Å². The minimum Gasteiger partial charge on any atom is -0.118 e. The summed E-state index contributed by atoms with van der Waals surface area (Å²) in [5.41, 5.74) is 0.974. The van der Waals surface area contributed by atoms with Crippen LogP contribution in [0.1, 0.15) is 32.8 Å². The van der Waals surface area contributed by atoms with Crippen molar-refractivity contribution in [3.05, 3.63) is 40.9 Å². The Kier molecular flexibility index (Phi) is 5.37. The molecule has 0 amide bonds. The summed E-state index contributed by atoms with van der Waals surface area (Å²) in [5.74, 6) is 0. The molecular weight excluding hydrogens is 275 g/mol. The number of rotatable bonds is 4. The average molecular weight is 292 g/mol. The minimum atomic E-state index is -0.0873. The Labute approximate surface area is 119 Å². The largest absolute Gasteiger partial charge is 0.118 e. The van der Waals surface area contributed by atoms with Gasteiger partial charge in [0.25, 0.3) is 0 Å². The number of hydrogen-bond donors (Lipinski definition) is 0. The molecule has 1 aromatic carbocycles. The summed E-state index contributed by atoms with van der Waals surface area (Å²) in [6.07, 6.45) is 2.90. The summed E-state index contributed by atoms with van der Waals surface area (Å²) >= 11 is 18.4. The van der Waals surface area contributed by atoms with Crippen molar-refractivity contribution in [2.45, 2.75) is 32.6 Å². The van der Waals surface area contributed by atoms with Gasteiger partial charge in [-0.15, -0.1) is 11.6 Å². The van der Waals surface area contributed by atoms with E-state index < -0.39 is 0 Å². The molecule has 1 unspecified atom stereocenters. The zero-order valence-electron chi connectivity index (χ0n) is 10.3. The molecule has 1 atom stereocenters. The number of halogens is 3. The topological polar surface area (TPSA) is 0 Å². The number of alkyl halides is 1. The van der Waals surface area contributed by atoms with Crippen LogP contribution in [0.3, 0.4) is 0 Å². The van der Waals surface area contributed by atoms with Crippen LogP contribution in [0.2, 0.25) is 5.02 Å². The van der Waals surface area contributed by atoms with Gasteiger partial charge in [-0.25, -0.2) is 0 Å². The van der Waals surface area contributed by atoms with Gasteiger partial charge in [0.05, 0.1) is 5.38 Å². The highest BCUT2D eigenvalue weighted by atomic mass is 35.5. The average Bonchev–Trinajstić information content (AvgIpc) is 2.29. The Morgan fingerprint density at radius 3 is 2.29 bits per heavy atom. The highest BCUT2D eigenvalue weighted by molar-refractivity contribution is 6.49. The lowest BCUT2D eigenvalue weighted by atomic mass is 9.85. The van der Waals surface area contributed by atoms with E-state index in [2.05, 4.69) is 20.8 Å². The van der Waals surface area contributed by atoms with E-state index >= 15 is 0 Å². The van der Waals surface area contributed by atoms with E-state index in [0.29, 0.717) is 10.1 Å². The first kappa shape index (κ1) is 14.9. The summed E-state index contributed by atoms with van der Waals surface area (Å²) < 4.78 is 0. The molecule has 0 saturated heterocycles. The lowest BCUT2D eigenvalue weighted by Gasteiger charge is -2.26. The molecule has 0 nitrogen and oxygen atoms in total. The van der Waals surface area contributed by atoms with E-state index in [0.717, 1.165) is 12.0 Å². The van der Waals surface area contributed by atoms with Gasteiger partial charge in [0, 0.05) is 10.1 Å². The Hall–Kier alpha value is -0.170. The molecule has 0 fully saturated rings. The van der Waals surface area contributed by atoms with E-state index in [9.17, 15) is 0 Å². The van der Waals surface area contributed by atoms with Gasteiger partial charge >= 0.3 is 0 Å². The second kappa shape index (κ2) is 6.13. The molecule has 0 saturated carbocycles. The molecule has 17 heavy (non-hydrogen) atoms. The number of allylic oxidation sites excluding steroid dienone is 1. The van der Waals surface area contributed by atoms with Gasteiger partial charge < -0.3 is 0 Å². The zero-order chi connectivity index (χ0) is 13.1. The van der Waals surface area contributed by atoms with Crippen LogP contribution in [0.5, 0.6) is 0 Å². The van der Waals surface area contributed by atoms with Crippen molar-refractivity contribution >= 4 is 39.8 Å². The van der Waals surface area contributed by atoms with Crippen LogP contribution in [-0.2, 0) is 0 Å². The Morgan fingerprint density at radius 1 is 1.29 bits per heavy atom. The van der Waals surface area contributed by atoms with Crippen molar-refractivity contribution < 1.29 is 0 Å². The molecule has 94 valence electrons. The van der Waals surface area contributed by atoms with Crippen LogP contribution in [0.4, 0.5) is 0 Å². The quantitative estimate of drug-likeness (QED) is 0.600. The summed E-state index contributed by atoms with van der Waals surface area (Å²) in [5, 5.41) is 1.29. The van der Waals surface area contributed by atoms with Gasteiger partial charge in [0.2, 0.25) is 0 Å². The first-order chi connectivity index (χ1) is 7.86. The fraction of sp³-hybridized carbons (Fsp3) is 0.429. The zero-order valence-corrected chi connectivity index (χ0v) is 12.6. The van der Waals surface area contributed by atoms with Gasteiger partial charge in [0.15, 0.2) is 0 Å². The second-order valence-electron chi connectivity index (χ2n) is 4.77. The summed E-state index contributed by atoms with van der Waals surface area (Å²) in [4.78, 5) is 0. The van der Waals surface area contributed by atoms with E-state index in [4.69, 9.17) is 34.8 Å². The Morgan fingerprint density at radius 2 is 1.82 bits per heavy atom. The molecule has 0 spiro atoms. The molecule has 0 aliphatic carbocycles. The first-order valence-corrected chi connectivity index (χ1v) is 6.83. The van der Waals surface area contributed by atoms with E-state index in [1.807, 2.05) is 30.3 Å². The first-order valence-electron chi connectivity index (χ1n) is 5.64. The predicted octanol–water partition coefficient (Wildman–Crippen LogP) is 5.96. The molecule has 3 heteroatoms. The van der Waals surface area contributed by atoms with E-state index in [1.165, 1.54) is 0 Å². The van der Waals surface area contributed by atoms with Crippen molar-refractivity contribution in [3.8, 4) is 0 Å². The molecule has 0 N–H and O–H groups in total. The second-order valence-corrected chi connectivity index (χ2v) is 6.08. The Balaban J connectivity index is 2.89. The number of hydrogen-bond acceptors (Lipinski definition) is 0. The van der Waals surface area contributed by atoms with Crippen LogP contribution in [0.25, 0.3) is 5.03 Å². The smallest absolute Gasteiger partial charge is 0.0584 e. The van der Waals surface area contributed by atoms with Crippen molar-refractivity contribution in [2.75, 3.05) is 0 Å². The van der Waals surface area contributed by atoms with Crippen LogP contribution >= 0.6 is 34.8 Å². The fourth-order valence-electron chi connectivity index (χ4n) is 1.25. The summed E-state index contributed by atoms with van der Waals surface area (Å²) in [6.45, 7) is 6.39. The van der Waals surface area contributed by atoms with E-state index in [-0.39, 0.29) is 10.8 Å². The van der Waals surface area contributed by atoms with Crippen LogP contribution < -0.4 is 0 Å². The summed E-state index contributed by atoms with van der Waals surface area (Å²) in [6, 6.07) is 7.43. The van der Waals surface area contributed by atoms with E-state index in [1.54, 1.807) is 0 Å². The molecule has 0 radical (unpaired) electrons. The monoisotopic (exact) mass is 290 g/mol. The van der Waals surface area contributed by atoms with Gasteiger partial charge in [-0.05, 0) is 35.6 Å². The van der Waals surface area contributed by atoms with Gasteiger partial charge in [-0.1, -0.05) is 56.1 Å². The molecule has 0 aliphatic heterocycles. The van der Waals surface area contributed by atoms with Crippen LogP contribution in [0.15, 0.2) is 30.3 Å². The SMILES string of the molecule is CCC(C)(C)C(Cl)C=C(Cl)c1ccc(Cl)cc1. The minimum absolute atomic E-state index is 0.0358. The van der Waals surface area contributed by atoms with Crippen molar-refractivity contribution in [1.82, 2.24) is 0 Å². The molecule has 1 rings (SSSR count). The normalized spacial score (nSPS) is 14.8. The third-order valence-corrected chi connectivity index (χ3v) is 4.38. The fourth-order valence-corrected chi connectivity index (χ4v) is 1.98. The third-order valence-electron chi connectivity index (χ3n) is 3.07. The standard InChI is InChI=1S/C14H17Cl3/c1-4-14(2,3)13(17)9-12(16)10-5-7-11(15)8-6-10/h5-9,13H,4H2,1-3H3. The highest BCUT2D eigenvalue weighted by Gasteiger charge is 2.24. The lowest BCUT2D eigenvalue weighted by molar-refractivity contribution is 0.363. The third kappa shape index (κ3) is 4.21. The van der Waals surface area contributed by atoms with Crippen LogP contribution in [-0.4, -0.2) is 5.38 Å².